The van der Waals surface area contributed by atoms with E-state index in [0.29, 0.717) is 28.5 Å². The Morgan fingerprint density at radius 2 is 1.95 bits per heavy atom. The number of alkyl halides is 3. The quantitative estimate of drug-likeness (QED) is 0.330. The zero-order valence-electron chi connectivity index (χ0n) is 21.2. The van der Waals surface area contributed by atoms with Gasteiger partial charge in [-0.2, -0.15) is 13.2 Å². The van der Waals surface area contributed by atoms with E-state index in [1.807, 2.05) is 0 Å². The molecular weight excluding hydrogens is 515 g/mol. The average Bonchev–Trinajstić information content (AvgIpc) is 3.32. The maximum absolute atomic E-state index is 13.8. The Morgan fingerprint density at radius 1 is 1.21 bits per heavy atom. The fraction of sp³-hybridized carbons (Fsp3) is 0.370. The minimum atomic E-state index is -4.56. The summed E-state index contributed by atoms with van der Waals surface area (Å²) in [4.78, 5) is 35.8. The molecule has 39 heavy (non-hydrogen) atoms. The summed E-state index contributed by atoms with van der Waals surface area (Å²) in [5, 5.41) is 13.0. The number of amides is 1. The molecule has 4 heterocycles. The van der Waals surface area contributed by atoms with E-state index >= 15 is 0 Å². The van der Waals surface area contributed by atoms with Crippen LogP contribution in [0, 0.1) is 0 Å². The molecular formula is C27H28F3N5O4. The van der Waals surface area contributed by atoms with Gasteiger partial charge in [0.25, 0.3) is 11.5 Å². The molecule has 206 valence electrons. The second kappa shape index (κ2) is 10.7. The number of fused-ring (bicyclic) bond motifs is 3. The van der Waals surface area contributed by atoms with Crippen molar-refractivity contribution in [3.63, 3.8) is 0 Å². The number of ether oxygens (including phenoxy) is 1. The first-order valence-corrected chi connectivity index (χ1v) is 12.6. The van der Waals surface area contributed by atoms with E-state index < -0.39 is 23.3 Å². The summed E-state index contributed by atoms with van der Waals surface area (Å²) in [6, 6.07) is 9.20. The molecule has 12 heteroatoms. The highest BCUT2D eigenvalue weighted by Gasteiger charge is 2.32. The molecule has 3 aromatic heterocycles. The van der Waals surface area contributed by atoms with Crippen LogP contribution in [-0.4, -0.2) is 69.8 Å². The number of para-hydroxylation sites is 1. The number of piperidine rings is 1. The summed E-state index contributed by atoms with van der Waals surface area (Å²) >= 11 is 0. The van der Waals surface area contributed by atoms with Crippen LogP contribution >= 0.6 is 0 Å². The maximum Gasteiger partial charge on any atom is 0.433 e. The number of aromatic amines is 1. The number of aliphatic hydroxyl groups excluding tert-OH is 1. The van der Waals surface area contributed by atoms with Crippen LogP contribution in [0.25, 0.3) is 21.8 Å². The van der Waals surface area contributed by atoms with Gasteiger partial charge >= 0.3 is 6.18 Å². The third kappa shape index (κ3) is 5.21. The number of nitrogens with zero attached hydrogens (tertiary/aromatic N) is 3. The number of aliphatic hydroxyl groups is 1. The third-order valence-corrected chi connectivity index (χ3v) is 7.10. The molecule has 5 rings (SSSR count). The molecule has 1 aliphatic heterocycles. The Morgan fingerprint density at radius 3 is 2.59 bits per heavy atom. The number of likely N-dealkylation sites (tertiary alicyclic amines) is 1. The van der Waals surface area contributed by atoms with Gasteiger partial charge in [-0.05, 0) is 30.5 Å². The van der Waals surface area contributed by atoms with Gasteiger partial charge in [0, 0.05) is 37.3 Å². The molecule has 1 aromatic carbocycles. The van der Waals surface area contributed by atoms with E-state index in [0.717, 1.165) is 38.2 Å². The second-order valence-corrected chi connectivity index (χ2v) is 9.55. The highest BCUT2D eigenvalue weighted by atomic mass is 19.4. The molecule has 0 radical (unpaired) electrons. The van der Waals surface area contributed by atoms with Crippen LogP contribution in [0.3, 0.4) is 0 Å². The topological polar surface area (TPSA) is 112 Å². The summed E-state index contributed by atoms with van der Waals surface area (Å²) in [7, 11) is 1.38. The summed E-state index contributed by atoms with van der Waals surface area (Å²) in [6.45, 7) is 2.16. The van der Waals surface area contributed by atoms with E-state index in [4.69, 9.17) is 9.84 Å². The van der Waals surface area contributed by atoms with Gasteiger partial charge in [0.15, 0.2) is 5.75 Å². The van der Waals surface area contributed by atoms with Crippen LogP contribution < -0.4 is 15.6 Å². The van der Waals surface area contributed by atoms with Crippen molar-refractivity contribution in [2.24, 2.45) is 0 Å². The van der Waals surface area contributed by atoms with Gasteiger partial charge in [-0.25, -0.2) is 0 Å². The summed E-state index contributed by atoms with van der Waals surface area (Å²) in [6.07, 6.45) is -2.00. The van der Waals surface area contributed by atoms with Crippen LogP contribution in [0.1, 0.15) is 34.6 Å². The summed E-state index contributed by atoms with van der Waals surface area (Å²) in [5.74, 6) is -0.291. The van der Waals surface area contributed by atoms with E-state index in [1.54, 1.807) is 24.3 Å². The Balaban J connectivity index is 1.52. The number of carbonyl (C=O) groups is 1. The molecule has 1 amide bonds. The minimum Gasteiger partial charge on any atom is -0.493 e. The number of methoxy groups -OCH3 is 1. The number of H-pyrrole nitrogens is 1. The predicted octanol–water partition coefficient (Wildman–Crippen LogP) is 3.14. The molecule has 4 aromatic rings. The first-order chi connectivity index (χ1) is 18.7. The average molecular weight is 544 g/mol. The molecule has 1 fully saturated rings. The monoisotopic (exact) mass is 543 g/mol. The largest absolute Gasteiger partial charge is 0.493 e. The molecule has 1 saturated heterocycles. The van der Waals surface area contributed by atoms with Crippen molar-refractivity contribution in [1.29, 1.82) is 0 Å². The highest BCUT2D eigenvalue weighted by Crippen LogP contribution is 2.33. The molecule has 0 aliphatic carbocycles. The number of halogens is 3. The normalized spacial score (nSPS) is 15.2. The minimum absolute atomic E-state index is 0.0251. The highest BCUT2D eigenvalue weighted by molar-refractivity contribution is 6.11. The number of hydrogen-bond acceptors (Lipinski definition) is 6. The van der Waals surface area contributed by atoms with Gasteiger partial charge in [-0.15, -0.1) is 0 Å². The molecule has 0 saturated carbocycles. The number of aromatic nitrogens is 3. The van der Waals surface area contributed by atoms with Crippen LogP contribution in [0.5, 0.6) is 5.75 Å². The Labute approximate surface area is 221 Å². The van der Waals surface area contributed by atoms with Gasteiger partial charge in [0.1, 0.15) is 16.8 Å². The van der Waals surface area contributed by atoms with Gasteiger partial charge in [0.2, 0.25) is 0 Å². The fourth-order valence-electron chi connectivity index (χ4n) is 5.14. The standard InChI is InChI=1S/C27H28F3N5O4/c1-39-24-21-22(33-23(24)25(37)32-17-8-10-34(11-9-17)12-13-36)18-4-2-3-5-19(18)35(26(21)38)15-16-6-7-20(31-14-16)27(28,29)30/h2-7,14,17,33,36H,8-13,15H2,1H3,(H,32,37). The van der Waals surface area contributed by atoms with Crippen molar-refractivity contribution in [2.45, 2.75) is 31.6 Å². The van der Waals surface area contributed by atoms with Crippen molar-refractivity contribution in [2.75, 3.05) is 33.4 Å². The molecule has 1 aliphatic rings. The maximum atomic E-state index is 13.8. The number of benzene rings is 1. The van der Waals surface area contributed by atoms with E-state index in [1.165, 1.54) is 17.7 Å². The van der Waals surface area contributed by atoms with Crippen LogP contribution in [0.4, 0.5) is 13.2 Å². The lowest BCUT2D eigenvalue weighted by molar-refractivity contribution is -0.141. The lowest BCUT2D eigenvalue weighted by atomic mass is 10.0. The molecule has 3 N–H and O–H groups in total. The Bertz CT molecular complexity index is 1550. The number of β-amino-alcohol motifs (C(OH)–C–C–N with tert-alkyl or cyclic N) is 1. The van der Waals surface area contributed by atoms with Gasteiger partial charge in [-0.3, -0.25) is 14.6 Å². The summed E-state index contributed by atoms with van der Waals surface area (Å²) < 4.78 is 45.9. The number of hydrogen-bond donors (Lipinski definition) is 3. The third-order valence-electron chi connectivity index (χ3n) is 7.10. The Hall–Kier alpha value is -3.90. The number of nitrogens with one attached hydrogen (secondary N) is 2. The van der Waals surface area contributed by atoms with E-state index in [9.17, 15) is 22.8 Å². The van der Waals surface area contributed by atoms with Crippen LogP contribution in [-0.2, 0) is 12.7 Å². The van der Waals surface area contributed by atoms with Gasteiger partial charge < -0.3 is 29.6 Å². The Kier molecular flexibility index (Phi) is 7.32. The zero-order valence-corrected chi connectivity index (χ0v) is 21.2. The zero-order chi connectivity index (χ0) is 27.7. The van der Waals surface area contributed by atoms with Crippen LogP contribution in [0.2, 0.25) is 0 Å². The molecule has 0 spiro atoms. The first kappa shape index (κ1) is 26.7. The van der Waals surface area contributed by atoms with Gasteiger partial charge in [-0.1, -0.05) is 24.3 Å². The SMILES string of the molecule is COc1c(C(=O)NC2CCN(CCO)CC2)[nH]c2c1c(=O)n(Cc1ccc(C(F)(F)F)nc1)c1ccccc21. The predicted molar refractivity (Wildman–Crippen MR) is 139 cm³/mol. The van der Waals surface area contributed by atoms with Crippen molar-refractivity contribution in [1.82, 2.24) is 24.8 Å². The molecule has 0 atom stereocenters. The first-order valence-electron chi connectivity index (χ1n) is 12.6. The molecule has 0 unspecified atom stereocenters. The van der Waals surface area contributed by atoms with E-state index in [2.05, 4.69) is 20.2 Å². The smallest absolute Gasteiger partial charge is 0.433 e. The second-order valence-electron chi connectivity index (χ2n) is 9.55. The summed E-state index contributed by atoms with van der Waals surface area (Å²) in [5.41, 5.74) is 0.0595. The lowest BCUT2D eigenvalue weighted by Crippen LogP contribution is -2.45. The number of rotatable bonds is 7. The van der Waals surface area contributed by atoms with Crippen molar-refractivity contribution in [3.05, 3.63) is 69.9 Å². The lowest BCUT2D eigenvalue weighted by Gasteiger charge is -2.31. The number of pyridine rings is 2. The van der Waals surface area contributed by atoms with Gasteiger partial charge in [0.05, 0.1) is 31.3 Å². The van der Waals surface area contributed by atoms with Crippen molar-refractivity contribution in [3.8, 4) is 5.75 Å². The fourth-order valence-corrected chi connectivity index (χ4v) is 5.14. The van der Waals surface area contributed by atoms with Crippen molar-refractivity contribution >= 4 is 27.7 Å². The molecule has 0 bridgehead atoms. The van der Waals surface area contributed by atoms with E-state index in [-0.39, 0.29) is 36.0 Å². The van der Waals surface area contributed by atoms with Crippen LogP contribution in [0.15, 0.2) is 47.4 Å². The number of carbonyl (C=O) groups excluding carboxylic acids is 1. The molecule has 9 nitrogen and oxygen atoms in total. The van der Waals surface area contributed by atoms with Crippen molar-refractivity contribution < 1.29 is 27.8 Å².